The summed E-state index contributed by atoms with van der Waals surface area (Å²) in [6.07, 6.45) is 0. The molecule has 2 aromatic carbocycles. The van der Waals surface area contributed by atoms with Gasteiger partial charge in [-0.1, -0.05) is 41.6 Å². The van der Waals surface area contributed by atoms with E-state index < -0.39 is 0 Å². The number of benzene rings is 2. The molecule has 0 spiro atoms. The lowest BCUT2D eigenvalue weighted by molar-refractivity contribution is 0.0860. The Hall–Kier alpha value is -2.47. The Morgan fingerprint density at radius 2 is 1.85 bits per heavy atom. The molecule has 136 valence electrons. The number of carbonyl (C=O) groups excluding carboxylic acids is 1. The molecule has 0 saturated heterocycles. The van der Waals surface area contributed by atoms with Crippen LogP contribution in [0.25, 0.3) is 0 Å². The highest BCUT2D eigenvalue weighted by atomic mass is 32.2. The van der Waals surface area contributed by atoms with Gasteiger partial charge in [-0.25, -0.2) is 0 Å². The molecule has 6 heteroatoms. The van der Waals surface area contributed by atoms with Gasteiger partial charge in [-0.2, -0.15) is 0 Å². The second kappa shape index (κ2) is 8.27. The zero-order valence-electron chi connectivity index (χ0n) is 15.2. The average Bonchev–Trinajstić information content (AvgIpc) is 3.15. The molecule has 0 unspecified atom stereocenters. The smallest absolute Gasteiger partial charge is 0.260 e. The van der Waals surface area contributed by atoms with Crippen LogP contribution in [0.1, 0.15) is 21.5 Å². The van der Waals surface area contributed by atoms with Gasteiger partial charge in [-0.3, -0.25) is 14.7 Å². The van der Waals surface area contributed by atoms with Gasteiger partial charge in [-0.15, -0.1) is 0 Å². The van der Waals surface area contributed by atoms with E-state index in [0.29, 0.717) is 30.2 Å². The van der Waals surface area contributed by atoms with E-state index in [4.69, 9.17) is 9.47 Å². The lowest BCUT2D eigenvalue weighted by atomic mass is 10.2. The first-order chi connectivity index (χ1) is 12.6. The molecule has 1 aliphatic heterocycles. The minimum Gasteiger partial charge on any atom is -0.493 e. The second-order valence-corrected chi connectivity index (χ2v) is 6.91. The van der Waals surface area contributed by atoms with Gasteiger partial charge < -0.3 is 9.47 Å². The molecule has 1 heterocycles. The van der Waals surface area contributed by atoms with Crippen molar-refractivity contribution >= 4 is 22.8 Å². The Balaban J connectivity index is 1.70. The number of thioether (sulfide) groups is 1. The molecule has 2 aromatic rings. The number of amides is 1. The van der Waals surface area contributed by atoms with Crippen molar-refractivity contribution < 1.29 is 14.3 Å². The van der Waals surface area contributed by atoms with Crippen LogP contribution in [0.5, 0.6) is 11.5 Å². The van der Waals surface area contributed by atoms with E-state index in [9.17, 15) is 4.79 Å². The number of methoxy groups -OCH3 is 2. The molecule has 0 aromatic heterocycles. The number of aryl methyl sites for hydroxylation is 1. The Labute approximate surface area is 158 Å². The Morgan fingerprint density at radius 1 is 1.12 bits per heavy atom. The number of amidine groups is 1. The van der Waals surface area contributed by atoms with Crippen molar-refractivity contribution in [3.05, 3.63) is 59.2 Å². The highest BCUT2D eigenvalue weighted by Gasteiger charge is 2.26. The summed E-state index contributed by atoms with van der Waals surface area (Å²) in [5, 5.41) is 0.769. The number of aliphatic imine (C=N–C) groups is 1. The SMILES string of the molecule is COc1ccc(C(=O)N2CCN=C2SCc2ccc(C)cc2)cc1OC. The van der Waals surface area contributed by atoms with Gasteiger partial charge in [0.2, 0.25) is 0 Å². The molecular formula is C20H22N2O3S. The minimum absolute atomic E-state index is 0.0707. The number of carbonyl (C=O) groups is 1. The van der Waals surface area contributed by atoms with Crippen LogP contribution in [-0.2, 0) is 5.75 Å². The van der Waals surface area contributed by atoms with E-state index in [1.54, 1.807) is 49.1 Å². The van der Waals surface area contributed by atoms with E-state index in [1.807, 2.05) is 0 Å². The third-order valence-corrected chi connectivity index (χ3v) is 5.25. The normalized spacial score (nSPS) is 13.5. The summed E-state index contributed by atoms with van der Waals surface area (Å²) in [5.41, 5.74) is 3.02. The first kappa shape index (κ1) is 18.3. The molecular weight excluding hydrogens is 348 g/mol. The van der Waals surface area contributed by atoms with Crippen molar-refractivity contribution in [3.8, 4) is 11.5 Å². The number of ether oxygens (including phenoxy) is 2. The van der Waals surface area contributed by atoms with Crippen LogP contribution < -0.4 is 9.47 Å². The second-order valence-electron chi connectivity index (χ2n) is 5.97. The van der Waals surface area contributed by atoms with Gasteiger partial charge >= 0.3 is 0 Å². The van der Waals surface area contributed by atoms with Gasteiger partial charge in [0.15, 0.2) is 16.7 Å². The third kappa shape index (κ3) is 4.02. The molecule has 0 atom stereocenters. The van der Waals surface area contributed by atoms with Crippen LogP contribution in [0.15, 0.2) is 47.5 Å². The fraction of sp³-hybridized carbons (Fsp3) is 0.300. The van der Waals surface area contributed by atoms with Crippen molar-refractivity contribution in [2.75, 3.05) is 27.3 Å². The van der Waals surface area contributed by atoms with Gasteiger partial charge in [0.1, 0.15) is 0 Å². The standard InChI is InChI=1S/C20H22N2O3S/c1-14-4-6-15(7-5-14)13-26-20-21-10-11-22(20)19(23)16-8-9-17(24-2)18(12-16)25-3/h4-9,12H,10-11,13H2,1-3H3. The fourth-order valence-electron chi connectivity index (χ4n) is 2.70. The van der Waals surface area contributed by atoms with Crippen LogP contribution >= 0.6 is 11.8 Å². The molecule has 1 amide bonds. The molecule has 26 heavy (non-hydrogen) atoms. The minimum atomic E-state index is -0.0707. The zero-order chi connectivity index (χ0) is 18.5. The summed E-state index contributed by atoms with van der Waals surface area (Å²) in [7, 11) is 3.14. The molecule has 1 aliphatic rings. The monoisotopic (exact) mass is 370 g/mol. The van der Waals surface area contributed by atoms with Crippen molar-refractivity contribution in [2.45, 2.75) is 12.7 Å². The van der Waals surface area contributed by atoms with E-state index in [1.165, 1.54) is 11.1 Å². The first-order valence-corrected chi connectivity index (χ1v) is 9.37. The molecule has 3 rings (SSSR count). The molecule has 0 bridgehead atoms. The van der Waals surface area contributed by atoms with Gasteiger partial charge in [-0.05, 0) is 30.7 Å². The zero-order valence-corrected chi connectivity index (χ0v) is 16.0. The van der Waals surface area contributed by atoms with Crippen LogP contribution in [0.4, 0.5) is 0 Å². The van der Waals surface area contributed by atoms with Crippen LogP contribution in [0, 0.1) is 6.92 Å². The topological polar surface area (TPSA) is 51.1 Å². The van der Waals surface area contributed by atoms with E-state index >= 15 is 0 Å². The summed E-state index contributed by atoms with van der Waals surface area (Å²) in [6, 6.07) is 13.6. The van der Waals surface area contributed by atoms with Gasteiger partial charge in [0, 0.05) is 17.9 Å². The molecule has 5 nitrogen and oxygen atoms in total. The Kier molecular flexibility index (Phi) is 5.83. The van der Waals surface area contributed by atoms with E-state index in [-0.39, 0.29) is 5.91 Å². The summed E-state index contributed by atoms with van der Waals surface area (Å²) in [5.74, 6) is 1.87. The van der Waals surface area contributed by atoms with Gasteiger partial charge in [0.25, 0.3) is 5.91 Å². The molecule has 0 radical (unpaired) electrons. The summed E-state index contributed by atoms with van der Waals surface area (Å²) < 4.78 is 10.5. The van der Waals surface area contributed by atoms with Crippen molar-refractivity contribution in [2.24, 2.45) is 4.99 Å². The number of hydrogen-bond donors (Lipinski definition) is 0. The number of nitrogens with zero attached hydrogens (tertiary/aromatic N) is 2. The van der Waals surface area contributed by atoms with E-state index in [2.05, 4.69) is 36.2 Å². The maximum Gasteiger partial charge on any atom is 0.260 e. The number of rotatable bonds is 5. The van der Waals surface area contributed by atoms with Crippen LogP contribution in [0.2, 0.25) is 0 Å². The summed E-state index contributed by atoms with van der Waals surface area (Å²) in [4.78, 5) is 19.2. The average molecular weight is 370 g/mol. The van der Waals surface area contributed by atoms with Crippen molar-refractivity contribution in [3.63, 3.8) is 0 Å². The Morgan fingerprint density at radius 3 is 2.54 bits per heavy atom. The first-order valence-electron chi connectivity index (χ1n) is 8.39. The molecule has 0 saturated carbocycles. The number of hydrogen-bond acceptors (Lipinski definition) is 5. The van der Waals surface area contributed by atoms with E-state index in [0.717, 1.165) is 10.9 Å². The molecule has 0 aliphatic carbocycles. The maximum absolute atomic E-state index is 12.9. The van der Waals surface area contributed by atoms with Crippen LogP contribution in [-0.4, -0.2) is 43.3 Å². The summed E-state index contributed by atoms with van der Waals surface area (Å²) in [6.45, 7) is 3.31. The summed E-state index contributed by atoms with van der Waals surface area (Å²) >= 11 is 1.59. The fourth-order valence-corrected chi connectivity index (χ4v) is 3.70. The lowest BCUT2D eigenvalue weighted by Crippen LogP contribution is -2.32. The predicted octanol–water partition coefficient (Wildman–Crippen LogP) is 3.76. The molecule has 0 fully saturated rings. The van der Waals surface area contributed by atoms with Crippen LogP contribution in [0.3, 0.4) is 0 Å². The highest BCUT2D eigenvalue weighted by molar-refractivity contribution is 8.13. The van der Waals surface area contributed by atoms with Gasteiger partial charge in [0.05, 0.1) is 20.8 Å². The van der Waals surface area contributed by atoms with Crippen molar-refractivity contribution in [1.29, 1.82) is 0 Å². The quantitative estimate of drug-likeness (QED) is 0.804. The Bertz CT molecular complexity index is 818. The molecule has 0 N–H and O–H groups in total. The predicted molar refractivity (Wildman–Crippen MR) is 105 cm³/mol. The van der Waals surface area contributed by atoms with Crippen molar-refractivity contribution in [1.82, 2.24) is 4.90 Å². The largest absolute Gasteiger partial charge is 0.493 e. The lowest BCUT2D eigenvalue weighted by Gasteiger charge is -2.18. The highest BCUT2D eigenvalue weighted by Crippen LogP contribution is 2.29. The maximum atomic E-state index is 12.9. The third-order valence-electron chi connectivity index (χ3n) is 4.17.